The Morgan fingerprint density at radius 3 is 2.68 bits per heavy atom. The zero-order valence-electron chi connectivity index (χ0n) is 11.7. The minimum absolute atomic E-state index is 0.120. The Kier molecular flexibility index (Phi) is 3.69. The number of hydrogen-bond acceptors (Lipinski definition) is 4. The van der Waals surface area contributed by atoms with Crippen molar-refractivity contribution in [3.05, 3.63) is 29.3 Å². The van der Waals surface area contributed by atoms with Gasteiger partial charge in [-0.2, -0.15) is 10.2 Å². The van der Waals surface area contributed by atoms with Crippen LogP contribution in [0.5, 0.6) is 5.75 Å². The van der Waals surface area contributed by atoms with Crippen molar-refractivity contribution in [3.8, 4) is 5.75 Å². The first-order chi connectivity index (χ1) is 9.12. The fourth-order valence-electron chi connectivity index (χ4n) is 2.02. The van der Waals surface area contributed by atoms with Crippen molar-refractivity contribution in [2.45, 2.75) is 26.8 Å². The van der Waals surface area contributed by atoms with Gasteiger partial charge in [0, 0.05) is 13.6 Å². The van der Waals surface area contributed by atoms with E-state index in [1.54, 1.807) is 22.6 Å². The molecule has 0 saturated heterocycles. The first-order valence-corrected chi connectivity index (χ1v) is 6.29. The summed E-state index contributed by atoms with van der Waals surface area (Å²) in [6.45, 7) is 4.56. The lowest BCUT2D eigenvalue weighted by Crippen LogP contribution is -2.14. The summed E-state index contributed by atoms with van der Waals surface area (Å²) in [5.74, 6) is 0.372. The normalized spacial score (nSPS) is 10.7. The number of aryl methyl sites for hydroxylation is 3. The SMILES string of the molecule is CCc1cc(C(=O)c2c(OC)cnn2CC)n(C)n1. The van der Waals surface area contributed by atoms with E-state index in [1.807, 2.05) is 19.9 Å². The maximum atomic E-state index is 12.6. The first-order valence-electron chi connectivity index (χ1n) is 6.29. The minimum atomic E-state index is -0.120. The van der Waals surface area contributed by atoms with Crippen molar-refractivity contribution < 1.29 is 9.53 Å². The maximum Gasteiger partial charge on any atom is 0.232 e. The van der Waals surface area contributed by atoms with Crippen LogP contribution in [0.4, 0.5) is 0 Å². The summed E-state index contributed by atoms with van der Waals surface area (Å²) in [7, 11) is 3.31. The van der Waals surface area contributed by atoms with E-state index in [1.165, 1.54) is 7.11 Å². The highest BCUT2D eigenvalue weighted by molar-refractivity contribution is 6.08. The van der Waals surface area contributed by atoms with Gasteiger partial charge in [-0.3, -0.25) is 14.2 Å². The van der Waals surface area contributed by atoms with Crippen LogP contribution in [0.25, 0.3) is 0 Å². The molecule has 2 rings (SSSR count). The summed E-state index contributed by atoms with van der Waals surface area (Å²) in [6.07, 6.45) is 2.36. The van der Waals surface area contributed by atoms with Crippen molar-refractivity contribution in [2.75, 3.05) is 7.11 Å². The predicted molar refractivity (Wildman–Crippen MR) is 70.5 cm³/mol. The van der Waals surface area contributed by atoms with E-state index in [0.717, 1.165) is 12.1 Å². The lowest BCUT2D eigenvalue weighted by Gasteiger charge is -2.06. The number of ketones is 1. The second-order valence-corrected chi connectivity index (χ2v) is 4.20. The van der Waals surface area contributed by atoms with Gasteiger partial charge in [0.25, 0.3) is 0 Å². The number of nitrogens with zero attached hydrogens (tertiary/aromatic N) is 4. The molecule has 0 spiro atoms. The van der Waals surface area contributed by atoms with Gasteiger partial charge in [0.05, 0.1) is 19.0 Å². The molecule has 0 aromatic carbocycles. The van der Waals surface area contributed by atoms with Gasteiger partial charge in [0.2, 0.25) is 5.78 Å². The molecule has 0 unspecified atom stereocenters. The van der Waals surface area contributed by atoms with Crippen molar-refractivity contribution in [3.63, 3.8) is 0 Å². The average Bonchev–Trinajstić information content (AvgIpc) is 3.00. The summed E-state index contributed by atoms with van der Waals surface area (Å²) in [5.41, 5.74) is 1.91. The summed E-state index contributed by atoms with van der Waals surface area (Å²) in [4.78, 5) is 12.6. The van der Waals surface area contributed by atoms with Gasteiger partial charge in [0.15, 0.2) is 11.4 Å². The zero-order valence-corrected chi connectivity index (χ0v) is 11.7. The Labute approximate surface area is 112 Å². The van der Waals surface area contributed by atoms with E-state index in [9.17, 15) is 4.79 Å². The lowest BCUT2D eigenvalue weighted by atomic mass is 10.2. The van der Waals surface area contributed by atoms with Gasteiger partial charge in [-0.15, -0.1) is 0 Å². The van der Waals surface area contributed by atoms with Crippen LogP contribution < -0.4 is 4.74 Å². The third-order valence-corrected chi connectivity index (χ3v) is 3.07. The number of ether oxygens (including phenoxy) is 1. The highest BCUT2D eigenvalue weighted by atomic mass is 16.5. The van der Waals surface area contributed by atoms with Gasteiger partial charge >= 0.3 is 0 Å². The monoisotopic (exact) mass is 262 g/mol. The van der Waals surface area contributed by atoms with Crippen LogP contribution in [-0.2, 0) is 20.0 Å². The van der Waals surface area contributed by atoms with Crippen LogP contribution in [0.15, 0.2) is 12.3 Å². The summed E-state index contributed by atoms with van der Waals surface area (Å²) >= 11 is 0. The quantitative estimate of drug-likeness (QED) is 0.765. The molecule has 2 aromatic rings. The second-order valence-electron chi connectivity index (χ2n) is 4.20. The van der Waals surface area contributed by atoms with Crippen LogP contribution >= 0.6 is 0 Å². The van der Waals surface area contributed by atoms with E-state index in [0.29, 0.717) is 23.7 Å². The zero-order chi connectivity index (χ0) is 14.0. The van der Waals surface area contributed by atoms with Gasteiger partial charge < -0.3 is 4.74 Å². The molecular formula is C13H18N4O2. The molecule has 0 aliphatic heterocycles. The molecule has 0 bridgehead atoms. The van der Waals surface area contributed by atoms with Crippen molar-refractivity contribution >= 4 is 5.78 Å². The topological polar surface area (TPSA) is 61.9 Å². The van der Waals surface area contributed by atoms with Crippen LogP contribution in [-0.4, -0.2) is 32.5 Å². The number of methoxy groups -OCH3 is 1. The van der Waals surface area contributed by atoms with E-state index in [-0.39, 0.29) is 5.78 Å². The van der Waals surface area contributed by atoms with E-state index in [4.69, 9.17) is 4.74 Å². The molecule has 0 radical (unpaired) electrons. The molecule has 2 aromatic heterocycles. The Morgan fingerprint density at radius 1 is 1.42 bits per heavy atom. The molecule has 0 fully saturated rings. The Balaban J connectivity index is 2.48. The fraction of sp³-hybridized carbons (Fsp3) is 0.462. The number of aromatic nitrogens is 4. The maximum absolute atomic E-state index is 12.6. The molecular weight excluding hydrogens is 244 g/mol. The third-order valence-electron chi connectivity index (χ3n) is 3.07. The van der Waals surface area contributed by atoms with Crippen LogP contribution in [0.3, 0.4) is 0 Å². The largest absolute Gasteiger partial charge is 0.493 e. The molecule has 0 N–H and O–H groups in total. The van der Waals surface area contributed by atoms with Gasteiger partial charge in [-0.05, 0) is 19.4 Å². The smallest absolute Gasteiger partial charge is 0.232 e. The number of rotatable bonds is 5. The van der Waals surface area contributed by atoms with E-state index >= 15 is 0 Å². The Morgan fingerprint density at radius 2 is 2.16 bits per heavy atom. The van der Waals surface area contributed by atoms with Gasteiger partial charge in [-0.25, -0.2) is 0 Å². The number of carbonyl (C=O) groups excluding carboxylic acids is 1. The average molecular weight is 262 g/mol. The van der Waals surface area contributed by atoms with Gasteiger partial charge in [0.1, 0.15) is 5.69 Å². The standard InChI is InChI=1S/C13H18N4O2/c1-5-9-7-10(16(3)15-9)13(18)12-11(19-4)8-14-17(12)6-2/h7-8H,5-6H2,1-4H3. The molecule has 6 heteroatoms. The van der Waals surface area contributed by atoms with Crippen molar-refractivity contribution in [1.82, 2.24) is 19.6 Å². The first kappa shape index (κ1) is 13.3. The van der Waals surface area contributed by atoms with Crippen molar-refractivity contribution in [1.29, 1.82) is 0 Å². The second kappa shape index (κ2) is 5.26. The summed E-state index contributed by atoms with van der Waals surface area (Å²) in [6, 6.07) is 1.81. The van der Waals surface area contributed by atoms with Crippen LogP contribution in [0, 0.1) is 0 Å². The Bertz CT molecular complexity index is 576. The molecule has 102 valence electrons. The van der Waals surface area contributed by atoms with E-state index in [2.05, 4.69) is 10.2 Å². The molecule has 6 nitrogen and oxygen atoms in total. The molecule has 0 aliphatic carbocycles. The molecule has 19 heavy (non-hydrogen) atoms. The minimum Gasteiger partial charge on any atom is -0.493 e. The molecule has 0 saturated carbocycles. The van der Waals surface area contributed by atoms with Crippen LogP contribution in [0.2, 0.25) is 0 Å². The van der Waals surface area contributed by atoms with Crippen molar-refractivity contribution in [2.24, 2.45) is 7.05 Å². The highest BCUT2D eigenvalue weighted by Gasteiger charge is 2.23. The summed E-state index contributed by atoms with van der Waals surface area (Å²) < 4.78 is 8.45. The predicted octanol–water partition coefficient (Wildman–Crippen LogP) is 1.44. The molecule has 0 atom stereocenters. The lowest BCUT2D eigenvalue weighted by molar-refractivity contribution is 0.101. The van der Waals surface area contributed by atoms with E-state index < -0.39 is 0 Å². The van der Waals surface area contributed by atoms with Gasteiger partial charge in [-0.1, -0.05) is 6.92 Å². The van der Waals surface area contributed by atoms with Crippen LogP contribution in [0.1, 0.15) is 35.7 Å². The number of carbonyl (C=O) groups is 1. The molecule has 0 aliphatic rings. The summed E-state index contributed by atoms with van der Waals surface area (Å²) in [5, 5.41) is 8.45. The Hall–Kier alpha value is -2.11. The molecule has 0 amide bonds. The fourth-order valence-corrected chi connectivity index (χ4v) is 2.02. The number of hydrogen-bond donors (Lipinski definition) is 0. The molecule has 2 heterocycles. The highest BCUT2D eigenvalue weighted by Crippen LogP contribution is 2.21. The third kappa shape index (κ3) is 2.25.